The maximum absolute atomic E-state index is 10.9. The molecule has 0 spiro atoms. The van der Waals surface area contributed by atoms with Crippen LogP contribution in [-0.4, -0.2) is 17.0 Å². The lowest BCUT2D eigenvalue weighted by atomic mass is 10.0. The van der Waals surface area contributed by atoms with E-state index in [9.17, 15) is 9.59 Å². The lowest BCUT2D eigenvalue weighted by Crippen LogP contribution is -2.07. The van der Waals surface area contributed by atoms with Gasteiger partial charge >= 0.3 is 11.9 Å². The Morgan fingerprint density at radius 1 is 0.800 bits per heavy atom. The van der Waals surface area contributed by atoms with Crippen LogP contribution in [0.2, 0.25) is 0 Å². The molecule has 0 aromatic heterocycles. The number of carbonyl (C=O) groups is 2. The average Bonchev–Trinajstić information content (AvgIpc) is 2.57. The van der Waals surface area contributed by atoms with E-state index in [2.05, 4.69) is 35.5 Å². The summed E-state index contributed by atoms with van der Waals surface area (Å²) in [5, 5.41) is 8.35. The molecule has 0 rings (SSSR count). The van der Waals surface area contributed by atoms with Gasteiger partial charge in [-0.05, 0) is 12.3 Å². The second kappa shape index (κ2) is 18.4. The Bertz CT molecular complexity index is 474. The molecule has 0 fully saturated rings. The largest absolute Gasteiger partial charge is 0.481 e. The number of hydrogen-bond donors (Lipinski definition) is 1. The van der Waals surface area contributed by atoms with Crippen molar-refractivity contribution >= 4 is 11.9 Å². The first-order chi connectivity index (χ1) is 12.2. The van der Waals surface area contributed by atoms with Crippen molar-refractivity contribution in [3.05, 3.63) is 0 Å². The van der Waals surface area contributed by atoms with Gasteiger partial charge < -0.3 is 9.84 Å². The summed E-state index contributed by atoms with van der Waals surface area (Å²) in [7, 11) is 0. The van der Waals surface area contributed by atoms with E-state index in [1.54, 1.807) is 0 Å². The third-order valence-electron chi connectivity index (χ3n) is 3.82. The lowest BCUT2D eigenvalue weighted by molar-refractivity contribution is -0.147. The van der Waals surface area contributed by atoms with E-state index < -0.39 is 18.4 Å². The number of unbranched alkanes of at least 4 members (excludes halogenated alkanes) is 12. The summed E-state index contributed by atoms with van der Waals surface area (Å²) in [4.78, 5) is 21.1. The molecular formula is C21H32O4. The number of aliphatic carboxylic acids is 1. The SMILES string of the molecule is CCCCCCCCCCCCCCC#CC#COC(=O)CC(=O)O. The van der Waals surface area contributed by atoms with Crippen molar-refractivity contribution < 1.29 is 19.4 Å². The molecule has 0 aromatic rings. The van der Waals surface area contributed by atoms with Gasteiger partial charge in [0.2, 0.25) is 0 Å². The highest BCUT2D eigenvalue weighted by atomic mass is 16.5. The summed E-state index contributed by atoms with van der Waals surface area (Å²) < 4.78 is 4.39. The first-order valence-corrected chi connectivity index (χ1v) is 9.56. The Morgan fingerprint density at radius 2 is 1.32 bits per heavy atom. The zero-order chi connectivity index (χ0) is 18.6. The van der Waals surface area contributed by atoms with Crippen molar-refractivity contribution in [2.24, 2.45) is 0 Å². The van der Waals surface area contributed by atoms with Gasteiger partial charge in [0.1, 0.15) is 12.5 Å². The van der Waals surface area contributed by atoms with Crippen molar-refractivity contribution in [3.8, 4) is 23.9 Å². The van der Waals surface area contributed by atoms with E-state index in [-0.39, 0.29) is 0 Å². The molecule has 0 aliphatic heterocycles. The van der Waals surface area contributed by atoms with Crippen LogP contribution in [0.4, 0.5) is 0 Å². The van der Waals surface area contributed by atoms with Crippen LogP contribution in [0.15, 0.2) is 0 Å². The van der Waals surface area contributed by atoms with Crippen LogP contribution in [0.5, 0.6) is 0 Å². The summed E-state index contributed by atoms with van der Waals surface area (Å²) in [6.07, 6.45) is 18.0. The van der Waals surface area contributed by atoms with Crippen LogP contribution in [0.1, 0.15) is 96.8 Å². The Morgan fingerprint density at radius 3 is 1.84 bits per heavy atom. The van der Waals surface area contributed by atoms with Crippen LogP contribution in [0.25, 0.3) is 0 Å². The molecule has 0 saturated heterocycles. The number of carboxylic acids is 1. The minimum absolute atomic E-state index is 0.680. The van der Waals surface area contributed by atoms with Crippen molar-refractivity contribution in [1.82, 2.24) is 0 Å². The lowest BCUT2D eigenvalue weighted by Gasteiger charge is -2.01. The maximum atomic E-state index is 10.9. The molecular weight excluding hydrogens is 316 g/mol. The third-order valence-corrected chi connectivity index (χ3v) is 3.82. The first kappa shape index (κ1) is 23.1. The smallest absolute Gasteiger partial charge is 0.331 e. The summed E-state index contributed by atoms with van der Waals surface area (Å²) in [5.74, 6) is 5.78. The Kier molecular flexibility index (Phi) is 17.0. The zero-order valence-electron chi connectivity index (χ0n) is 15.6. The van der Waals surface area contributed by atoms with Gasteiger partial charge in [0, 0.05) is 12.3 Å². The fourth-order valence-electron chi connectivity index (χ4n) is 2.43. The minimum Gasteiger partial charge on any atom is -0.481 e. The van der Waals surface area contributed by atoms with Crippen LogP contribution >= 0.6 is 0 Å². The number of esters is 1. The molecule has 0 bridgehead atoms. The van der Waals surface area contributed by atoms with E-state index in [4.69, 9.17) is 5.11 Å². The monoisotopic (exact) mass is 348 g/mol. The number of ether oxygens (including phenoxy) is 1. The maximum Gasteiger partial charge on any atom is 0.331 e. The van der Waals surface area contributed by atoms with E-state index in [0.717, 1.165) is 12.8 Å². The quantitative estimate of drug-likeness (QED) is 0.206. The van der Waals surface area contributed by atoms with E-state index in [0.29, 0.717) is 0 Å². The fourth-order valence-corrected chi connectivity index (χ4v) is 2.43. The Balaban J connectivity index is 3.34. The van der Waals surface area contributed by atoms with Gasteiger partial charge in [0.15, 0.2) is 0 Å². The molecule has 0 unspecified atom stereocenters. The summed E-state index contributed by atoms with van der Waals surface area (Å²) in [5.41, 5.74) is 0. The molecule has 140 valence electrons. The Hall–Kier alpha value is -1.94. The molecule has 25 heavy (non-hydrogen) atoms. The minimum atomic E-state index is -1.23. The molecule has 1 N–H and O–H groups in total. The van der Waals surface area contributed by atoms with Crippen LogP contribution in [0.3, 0.4) is 0 Å². The Labute approximate surface area is 152 Å². The topological polar surface area (TPSA) is 63.6 Å². The normalized spacial score (nSPS) is 9.48. The molecule has 0 amide bonds. The standard InChI is InChI=1S/C21H32O4/c1-2-3-4-5-6-7-8-9-10-11-12-13-14-15-16-17-18-25-21(24)19-20(22)23/h2-14,19H2,1H3,(H,22,23). The molecule has 0 aliphatic rings. The highest BCUT2D eigenvalue weighted by molar-refractivity contribution is 5.90. The van der Waals surface area contributed by atoms with Gasteiger partial charge in [-0.2, -0.15) is 0 Å². The van der Waals surface area contributed by atoms with Gasteiger partial charge in [0.05, 0.1) is 0 Å². The van der Waals surface area contributed by atoms with Crippen LogP contribution in [0, 0.1) is 23.9 Å². The van der Waals surface area contributed by atoms with E-state index in [1.165, 1.54) is 70.6 Å². The number of hydrogen-bond acceptors (Lipinski definition) is 3. The van der Waals surface area contributed by atoms with Crippen LogP contribution < -0.4 is 0 Å². The molecule has 0 radical (unpaired) electrons. The number of carboxylic acid groups (broad SMARTS) is 1. The van der Waals surface area contributed by atoms with Crippen LogP contribution in [-0.2, 0) is 14.3 Å². The first-order valence-electron chi connectivity index (χ1n) is 9.56. The molecule has 4 heteroatoms. The van der Waals surface area contributed by atoms with Crippen molar-refractivity contribution in [1.29, 1.82) is 0 Å². The van der Waals surface area contributed by atoms with Gasteiger partial charge in [-0.1, -0.05) is 83.5 Å². The third kappa shape index (κ3) is 20.0. The molecule has 0 aromatic carbocycles. The zero-order valence-corrected chi connectivity index (χ0v) is 15.6. The summed E-state index contributed by atoms with van der Waals surface area (Å²) in [6.45, 7) is 2.25. The molecule has 0 atom stereocenters. The highest BCUT2D eigenvalue weighted by Crippen LogP contribution is 2.12. The molecule has 0 heterocycles. The predicted molar refractivity (Wildman–Crippen MR) is 99.6 cm³/mol. The predicted octanol–water partition coefficient (Wildman–Crippen LogP) is 5.06. The summed E-state index contributed by atoms with van der Waals surface area (Å²) in [6, 6.07) is 0. The van der Waals surface area contributed by atoms with Gasteiger partial charge in [0.25, 0.3) is 0 Å². The fraction of sp³-hybridized carbons (Fsp3) is 0.714. The average molecular weight is 348 g/mol. The van der Waals surface area contributed by atoms with Crippen molar-refractivity contribution in [2.45, 2.75) is 96.8 Å². The molecule has 0 aliphatic carbocycles. The number of rotatable bonds is 14. The van der Waals surface area contributed by atoms with Gasteiger partial charge in [-0.15, -0.1) is 0 Å². The van der Waals surface area contributed by atoms with E-state index >= 15 is 0 Å². The summed E-state index contributed by atoms with van der Waals surface area (Å²) >= 11 is 0. The second-order valence-corrected chi connectivity index (χ2v) is 6.21. The van der Waals surface area contributed by atoms with Gasteiger partial charge in [-0.25, -0.2) is 0 Å². The van der Waals surface area contributed by atoms with Crippen molar-refractivity contribution in [3.63, 3.8) is 0 Å². The van der Waals surface area contributed by atoms with Gasteiger partial charge in [-0.3, -0.25) is 9.59 Å². The highest BCUT2D eigenvalue weighted by Gasteiger charge is 2.06. The second-order valence-electron chi connectivity index (χ2n) is 6.21. The molecule has 0 saturated carbocycles. The van der Waals surface area contributed by atoms with E-state index in [1.807, 2.05) is 0 Å². The molecule has 4 nitrogen and oxygen atoms in total. The number of carbonyl (C=O) groups excluding carboxylic acids is 1. The van der Waals surface area contributed by atoms with Crippen molar-refractivity contribution in [2.75, 3.05) is 0 Å².